The van der Waals surface area contributed by atoms with Crippen LogP contribution in [0.1, 0.15) is 25.8 Å². The molecule has 0 radical (unpaired) electrons. The summed E-state index contributed by atoms with van der Waals surface area (Å²) in [6, 6.07) is 17.2. The number of para-hydroxylation sites is 1. The normalized spacial score (nSPS) is 12.2. The molecule has 0 unspecified atom stereocenters. The molecule has 0 saturated heterocycles. The second kappa shape index (κ2) is 7.78. The molecule has 5 nitrogen and oxygen atoms in total. The van der Waals surface area contributed by atoms with Crippen molar-refractivity contribution in [2.75, 3.05) is 6.54 Å². The van der Waals surface area contributed by atoms with Crippen molar-refractivity contribution in [2.24, 2.45) is 0 Å². The third kappa shape index (κ3) is 4.04. The highest BCUT2D eigenvalue weighted by atomic mass is 32.2. The Bertz CT molecular complexity index is 1010. The molecule has 0 fully saturated rings. The summed E-state index contributed by atoms with van der Waals surface area (Å²) < 4.78 is 25.2. The zero-order chi connectivity index (χ0) is 19.5. The van der Waals surface area contributed by atoms with E-state index in [1.54, 1.807) is 6.07 Å². The van der Waals surface area contributed by atoms with E-state index in [2.05, 4.69) is 10.3 Å². The largest absolute Gasteiger partial charge is 0.355 e. The molecule has 1 amide bonds. The summed E-state index contributed by atoms with van der Waals surface area (Å²) in [4.78, 5) is 16.8. The Kier molecular flexibility index (Phi) is 5.62. The van der Waals surface area contributed by atoms with Crippen LogP contribution >= 0.6 is 11.3 Å². The number of benzene rings is 2. The van der Waals surface area contributed by atoms with E-state index in [1.807, 2.05) is 48.5 Å². The fraction of sp³-hybridized carbons (Fsp3) is 0.300. The highest BCUT2D eigenvalue weighted by Crippen LogP contribution is 2.32. The Labute approximate surface area is 163 Å². The Hall–Kier alpha value is -2.25. The molecule has 0 bridgehead atoms. The van der Waals surface area contributed by atoms with Crippen molar-refractivity contribution in [3.63, 3.8) is 0 Å². The molecule has 0 aliphatic heterocycles. The van der Waals surface area contributed by atoms with Crippen LogP contribution in [0.15, 0.2) is 58.9 Å². The fourth-order valence-corrected chi connectivity index (χ4v) is 5.66. The minimum atomic E-state index is -3.89. The smallest absolute Gasteiger partial charge is 0.241 e. The van der Waals surface area contributed by atoms with Crippen LogP contribution in [-0.2, 0) is 21.1 Å². The van der Waals surface area contributed by atoms with Crippen molar-refractivity contribution in [1.82, 2.24) is 10.3 Å². The predicted octanol–water partition coefficient (Wildman–Crippen LogP) is 3.60. The highest BCUT2D eigenvalue weighted by Gasteiger charge is 2.44. The maximum absolute atomic E-state index is 13.0. The van der Waals surface area contributed by atoms with E-state index in [9.17, 15) is 13.2 Å². The average Bonchev–Trinajstić information content (AvgIpc) is 3.10. The molecule has 0 aliphatic carbocycles. The number of hydrogen-bond acceptors (Lipinski definition) is 5. The lowest BCUT2D eigenvalue weighted by Gasteiger charge is -2.22. The molecule has 0 aliphatic rings. The van der Waals surface area contributed by atoms with Gasteiger partial charge in [0.15, 0.2) is 4.75 Å². The predicted molar refractivity (Wildman–Crippen MR) is 109 cm³/mol. The number of sulfone groups is 1. The third-order valence-corrected chi connectivity index (χ3v) is 8.31. The average molecular weight is 403 g/mol. The van der Waals surface area contributed by atoms with Crippen LogP contribution in [0.5, 0.6) is 0 Å². The topological polar surface area (TPSA) is 76.1 Å². The number of hydrogen-bond donors (Lipinski definition) is 1. The van der Waals surface area contributed by atoms with Gasteiger partial charge in [-0.15, -0.1) is 11.3 Å². The van der Waals surface area contributed by atoms with Crippen molar-refractivity contribution >= 4 is 37.3 Å². The van der Waals surface area contributed by atoms with Gasteiger partial charge in [-0.2, -0.15) is 0 Å². The first-order valence-electron chi connectivity index (χ1n) is 8.75. The van der Waals surface area contributed by atoms with Crippen LogP contribution in [0, 0.1) is 0 Å². The number of nitrogens with zero attached hydrogens (tertiary/aromatic N) is 1. The maximum Gasteiger partial charge on any atom is 0.241 e. The number of fused-ring (bicyclic) bond motifs is 1. The summed E-state index contributed by atoms with van der Waals surface area (Å²) in [5, 5.41) is 2.76. The molecule has 1 aromatic heterocycles. The number of carbonyl (C=O) groups excluding carboxylic acids is 1. The number of aromatic nitrogens is 1. The van der Waals surface area contributed by atoms with E-state index in [4.69, 9.17) is 0 Å². The number of amides is 1. The lowest BCUT2D eigenvalue weighted by atomic mass is 10.1. The van der Waals surface area contributed by atoms with Gasteiger partial charge in [0.05, 0.1) is 10.2 Å². The Morgan fingerprint density at radius 3 is 2.44 bits per heavy atom. The molecule has 2 aromatic carbocycles. The van der Waals surface area contributed by atoms with E-state index in [-0.39, 0.29) is 4.34 Å². The molecule has 1 heterocycles. The lowest BCUT2D eigenvalue weighted by molar-refractivity contribution is -0.122. The Morgan fingerprint density at radius 2 is 1.74 bits per heavy atom. The number of nitrogens with one attached hydrogen (secondary N) is 1. The highest BCUT2D eigenvalue weighted by molar-refractivity contribution is 7.95. The first-order valence-corrected chi connectivity index (χ1v) is 11.0. The molecular weight excluding hydrogens is 380 g/mol. The minimum absolute atomic E-state index is 0.0202. The summed E-state index contributed by atoms with van der Waals surface area (Å²) >= 11 is 1.10. The Morgan fingerprint density at radius 1 is 1.07 bits per heavy atom. The second-order valence-corrected chi connectivity index (χ2v) is 10.5. The second-order valence-electron chi connectivity index (χ2n) is 6.81. The molecule has 27 heavy (non-hydrogen) atoms. The SMILES string of the molecule is CC(C)(C(=O)NCCCc1ccccc1)S(=O)(=O)c1nc2ccccc2s1. The zero-order valence-electron chi connectivity index (χ0n) is 15.3. The van der Waals surface area contributed by atoms with Crippen LogP contribution in [0.4, 0.5) is 0 Å². The summed E-state index contributed by atoms with van der Waals surface area (Å²) in [5.41, 5.74) is 1.81. The number of rotatable bonds is 7. The van der Waals surface area contributed by atoms with Gasteiger partial charge in [0.2, 0.25) is 20.1 Å². The van der Waals surface area contributed by atoms with Crippen molar-refractivity contribution in [3.05, 3.63) is 60.2 Å². The molecule has 0 saturated carbocycles. The van der Waals surface area contributed by atoms with E-state index >= 15 is 0 Å². The molecule has 1 N–H and O–H groups in total. The lowest BCUT2D eigenvalue weighted by Crippen LogP contribution is -2.48. The van der Waals surface area contributed by atoms with Gasteiger partial charge in [0.1, 0.15) is 0 Å². The van der Waals surface area contributed by atoms with Gasteiger partial charge in [-0.3, -0.25) is 4.79 Å². The van der Waals surface area contributed by atoms with Crippen LogP contribution in [-0.4, -0.2) is 30.6 Å². The quantitative estimate of drug-likeness (QED) is 0.613. The van der Waals surface area contributed by atoms with Crippen molar-refractivity contribution < 1.29 is 13.2 Å². The van der Waals surface area contributed by atoms with Crippen LogP contribution < -0.4 is 5.32 Å². The maximum atomic E-state index is 13.0. The first kappa shape index (κ1) is 19.5. The summed E-state index contributed by atoms with van der Waals surface area (Å²) in [6.07, 6.45) is 1.57. The summed E-state index contributed by atoms with van der Waals surface area (Å²) in [7, 11) is -3.89. The molecule has 7 heteroatoms. The standard InChI is InChI=1S/C20H22N2O3S2/c1-20(2,18(23)21-14-8-11-15-9-4-3-5-10-15)27(24,25)19-22-16-12-6-7-13-17(16)26-19/h3-7,9-10,12-13H,8,11,14H2,1-2H3,(H,21,23). The van der Waals surface area contributed by atoms with Crippen molar-refractivity contribution in [3.8, 4) is 0 Å². The van der Waals surface area contributed by atoms with Crippen LogP contribution in [0.25, 0.3) is 10.2 Å². The first-order chi connectivity index (χ1) is 12.8. The van der Waals surface area contributed by atoms with Crippen LogP contribution in [0.3, 0.4) is 0 Å². The number of aryl methyl sites for hydroxylation is 1. The van der Waals surface area contributed by atoms with Crippen molar-refractivity contribution in [1.29, 1.82) is 0 Å². The van der Waals surface area contributed by atoms with Gasteiger partial charge in [0, 0.05) is 6.54 Å². The molecule has 142 valence electrons. The fourth-order valence-electron chi connectivity index (χ4n) is 2.66. The number of thiazole rings is 1. The van der Waals surface area contributed by atoms with Crippen LogP contribution in [0.2, 0.25) is 0 Å². The molecule has 3 aromatic rings. The third-order valence-electron chi connectivity index (χ3n) is 4.49. The summed E-state index contributed by atoms with van der Waals surface area (Å²) in [6.45, 7) is 3.29. The summed E-state index contributed by atoms with van der Waals surface area (Å²) in [5.74, 6) is -0.505. The molecule has 0 spiro atoms. The minimum Gasteiger partial charge on any atom is -0.355 e. The van der Waals surface area contributed by atoms with Gasteiger partial charge in [0.25, 0.3) is 0 Å². The molecular formula is C20H22N2O3S2. The Balaban J connectivity index is 1.67. The van der Waals surface area contributed by atoms with Gasteiger partial charge in [-0.25, -0.2) is 13.4 Å². The monoisotopic (exact) mass is 402 g/mol. The number of carbonyl (C=O) groups is 1. The van der Waals surface area contributed by atoms with E-state index in [0.29, 0.717) is 12.1 Å². The van der Waals surface area contributed by atoms with E-state index in [1.165, 1.54) is 19.4 Å². The van der Waals surface area contributed by atoms with E-state index < -0.39 is 20.5 Å². The van der Waals surface area contributed by atoms with Gasteiger partial charge < -0.3 is 5.32 Å². The van der Waals surface area contributed by atoms with Gasteiger partial charge >= 0.3 is 0 Å². The molecule has 3 rings (SSSR count). The van der Waals surface area contributed by atoms with E-state index in [0.717, 1.165) is 28.9 Å². The zero-order valence-corrected chi connectivity index (χ0v) is 16.9. The van der Waals surface area contributed by atoms with Gasteiger partial charge in [-0.05, 0) is 44.4 Å². The molecule has 0 atom stereocenters. The van der Waals surface area contributed by atoms with Crippen molar-refractivity contribution in [2.45, 2.75) is 35.8 Å². The van der Waals surface area contributed by atoms with Gasteiger partial charge in [-0.1, -0.05) is 42.5 Å².